The summed E-state index contributed by atoms with van der Waals surface area (Å²) in [5.41, 5.74) is 1.58. The van der Waals surface area contributed by atoms with Crippen molar-refractivity contribution in [3.05, 3.63) is 48.0 Å². The van der Waals surface area contributed by atoms with Crippen molar-refractivity contribution in [2.45, 2.75) is 56.9 Å². The van der Waals surface area contributed by atoms with E-state index in [0.29, 0.717) is 0 Å². The average Bonchev–Trinajstić information content (AvgIpc) is 2.70. The van der Waals surface area contributed by atoms with Crippen LogP contribution in [0.3, 0.4) is 0 Å². The van der Waals surface area contributed by atoms with Gasteiger partial charge in [-0.15, -0.1) is 0 Å². The minimum absolute atomic E-state index is 0.822. The lowest BCUT2D eigenvalue weighted by atomic mass is 9.81. The first-order valence-corrected chi connectivity index (χ1v) is 10.8. The Balaban J connectivity index is 1.20. The van der Waals surface area contributed by atoms with Gasteiger partial charge in [0.05, 0.1) is 12.6 Å². The molecule has 0 radical (unpaired) electrons. The molecular formula is C23H36N2+2. The van der Waals surface area contributed by atoms with Crippen LogP contribution in [-0.4, -0.2) is 38.8 Å². The number of benzene rings is 1. The van der Waals surface area contributed by atoms with Crippen LogP contribution < -0.4 is 9.80 Å². The Morgan fingerprint density at radius 2 is 1.56 bits per heavy atom. The number of allylic oxidation sites excluding steroid dienone is 2. The zero-order chi connectivity index (χ0) is 16.9. The molecule has 0 aromatic heterocycles. The monoisotopic (exact) mass is 340 g/mol. The lowest BCUT2D eigenvalue weighted by Gasteiger charge is -2.38. The second-order valence-corrected chi connectivity index (χ2v) is 8.72. The van der Waals surface area contributed by atoms with Gasteiger partial charge in [-0.3, -0.25) is 0 Å². The summed E-state index contributed by atoms with van der Waals surface area (Å²) in [7, 11) is 0. The van der Waals surface area contributed by atoms with Gasteiger partial charge in [0.15, 0.2) is 0 Å². The van der Waals surface area contributed by atoms with Crippen molar-refractivity contribution in [1.29, 1.82) is 0 Å². The maximum atomic E-state index is 2.42. The van der Waals surface area contributed by atoms with E-state index in [0.717, 1.165) is 17.9 Å². The molecule has 1 saturated heterocycles. The molecule has 3 aliphatic rings. The number of rotatable bonds is 4. The molecule has 4 rings (SSSR count). The smallest absolute Gasteiger partial charge is 0.127 e. The normalized spacial score (nSPS) is 36.2. The summed E-state index contributed by atoms with van der Waals surface area (Å²) in [6, 6.07) is 12.2. The second kappa shape index (κ2) is 8.51. The third-order valence-corrected chi connectivity index (χ3v) is 7.13. The Morgan fingerprint density at radius 3 is 2.24 bits per heavy atom. The van der Waals surface area contributed by atoms with Gasteiger partial charge in [0.2, 0.25) is 0 Å². The maximum Gasteiger partial charge on any atom is 0.127 e. The lowest BCUT2D eigenvalue weighted by Crippen LogP contribution is -3.29. The van der Waals surface area contributed by atoms with Crippen molar-refractivity contribution in [1.82, 2.24) is 0 Å². The van der Waals surface area contributed by atoms with Crippen LogP contribution in [0.4, 0.5) is 0 Å². The van der Waals surface area contributed by atoms with Gasteiger partial charge >= 0.3 is 0 Å². The van der Waals surface area contributed by atoms with E-state index in [9.17, 15) is 0 Å². The molecule has 0 bridgehead atoms. The Labute approximate surface area is 153 Å². The number of piperazine rings is 1. The van der Waals surface area contributed by atoms with Crippen LogP contribution >= 0.6 is 0 Å². The van der Waals surface area contributed by atoms with Gasteiger partial charge in [-0.1, -0.05) is 42.5 Å². The molecule has 2 N–H and O–H groups in total. The van der Waals surface area contributed by atoms with Crippen LogP contribution in [0.25, 0.3) is 0 Å². The molecule has 2 heteroatoms. The first kappa shape index (κ1) is 17.3. The third kappa shape index (κ3) is 4.54. The van der Waals surface area contributed by atoms with Gasteiger partial charge in [0, 0.05) is 5.92 Å². The fraction of sp³-hybridized carbons (Fsp3) is 0.652. The van der Waals surface area contributed by atoms with Crippen molar-refractivity contribution in [3.63, 3.8) is 0 Å². The van der Waals surface area contributed by atoms with Gasteiger partial charge < -0.3 is 9.80 Å². The molecule has 136 valence electrons. The Kier molecular flexibility index (Phi) is 5.89. The Bertz CT molecular complexity index is 536. The van der Waals surface area contributed by atoms with E-state index in [1.54, 1.807) is 5.56 Å². The zero-order valence-corrected chi connectivity index (χ0v) is 15.8. The van der Waals surface area contributed by atoms with E-state index < -0.39 is 0 Å². The summed E-state index contributed by atoms with van der Waals surface area (Å²) in [4.78, 5) is 3.82. The van der Waals surface area contributed by atoms with E-state index in [1.807, 2.05) is 9.80 Å². The van der Waals surface area contributed by atoms with Crippen LogP contribution in [0.15, 0.2) is 42.5 Å². The highest BCUT2D eigenvalue weighted by Gasteiger charge is 2.33. The van der Waals surface area contributed by atoms with Gasteiger partial charge in [0.1, 0.15) is 26.2 Å². The number of quaternary nitrogens is 2. The summed E-state index contributed by atoms with van der Waals surface area (Å²) in [5.74, 6) is 1.78. The molecule has 1 heterocycles. The molecular weight excluding hydrogens is 304 g/mol. The van der Waals surface area contributed by atoms with Crippen LogP contribution in [0.2, 0.25) is 0 Å². The van der Waals surface area contributed by atoms with Crippen LogP contribution in [0.1, 0.15) is 56.4 Å². The highest BCUT2D eigenvalue weighted by molar-refractivity contribution is 5.19. The van der Waals surface area contributed by atoms with Crippen molar-refractivity contribution in [3.8, 4) is 0 Å². The molecule has 25 heavy (non-hydrogen) atoms. The third-order valence-electron chi connectivity index (χ3n) is 7.13. The largest absolute Gasteiger partial charge is 0.325 e. The molecule has 1 aromatic carbocycles. The first-order chi connectivity index (χ1) is 12.4. The second-order valence-electron chi connectivity index (χ2n) is 8.72. The van der Waals surface area contributed by atoms with E-state index in [-0.39, 0.29) is 0 Å². The van der Waals surface area contributed by atoms with Gasteiger partial charge in [0.25, 0.3) is 0 Å². The highest BCUT2D eigenvalue weighted by atomic mass is 15.3. The molecule has 2 nitrogen and oxygen atoms in total. The Morgan fingerprint density at radius 1 is 0.800 bits per heavy atom. The fourth-order valence-corrected chi connectivity index (χ4v) is 5.55. The van der Waals surface area contributed by atoms with E-state index in [4.69, 9.17) is 0 Å². The molecule has 1 atom stereocenters. The quantitative estimate of drug-likeness (QED) is 0.774. The minimum Gasteiger partial charge on any atom is -0.325 e. The van der Waals surface area contributed by atoms with Gasteiger partial charge in [-0.05, 0) is 56.4 Å². The summed E-state index contributed by atoms with van der Waals surface area (Å²) in [6.07, 6.45) is 14.6. The first-order valence-electron chi connectivity index (χ1n) is 10.8. The van der Waals surface area contributed by atoms with E-state index in [1.165, 1.54) is 77.7 Å². The number of hydrogen-bond acceptors (Lipinski definition) is 0. The minimum atomic E-state index is 0.822. The predicted octanol–water partition coefficient (Wildman–Crippen LogP) is 1.85. The Hall–Kier alpha value is -1.12. The topological polar surface area (TPSA) is 8.88 Å². The van der Waals surface area contributed by atoms with Crippen molar-refractivity contribution in [2.75, 3.05) is 32.7 Å². The van der Waals surface area contributed by atoms with E-state index in [2.05, 4.69) is 42.5 Å². The molecule has 2 aliphatic carbocycles. The molecule has 0 spiro atoms. The molecule has 0 unspecified atom stereocenters. The lowest BCUT2D eigenvalue weighted by molar-refractivity contribution is -1.03. The fourth-order valence-electron chi connectivity index (χ4n) is 5.55. The van der Waals surface area contributed by atoms with Crippen molar-refractivity contribution >= 4 is 0 Å². The molecule has 1 aliphatic heterocycles. The SMILES string of the molecule is C1=CC[C@@H](C[NH+]2CC[NH+](C3CCC(c4ccccc4)CC3)CC2)CC1. The number of hydrogen-bond donors (Lipinski definition) is 2. The number of nitrogens with one attached hydrogen (secondary N) is 2. The standard InChI is InChI=1S/C23H34N2/c1-3-7-20(8-4-1)19-24-15-17-25(18-16-24)23-13-11-22(12-14-23)21-9-5-2-6-10-21/h1-3,5-6,9-10,20,22-23H,4,7-8,11-19H2/p+2/t20-,22?,23?/m1/s1. The summed E-state index contributed by atoms with van der Waals surface area (Å²) >= 11 is 0. The maximum absolute atomic E-state index is 2.42. The molecule has 1 saturated carbocycles. The molecule has 1 aromatic rings. The summed E-state index contributed by atoms with van der Waals surface area (Å²) in [6.45, 7) is 7.08. The summed E-state index contributed by atoms with van der Waals surface area (Å²) < 4.78 is 0. The van der Waals surface area contributed by atoms with Crippen molar-refractivity contribution in [2.24, 2.45) is 5.92 Å². The molecule has 2 fully saturated rings. The van der Waals surface area contributed by atoms with Gasteiger partial charge in [-0.25, -0.2) is 0 Å². The average molecular weight is 341 g/mol. The van der Waals surface area contributed by atoms with Crippen molar-refractivity contribution < 1.29 is 9.80 Å². The van der Waals surface area contributed by atoms with Crippen LogP contribution in [0.5, 0.6) is 0 Å². The van der Waals surface area contributed by atoms with Crippen LogP contribution in [0, 0.1) is 5.92 Å². The van der Waals surface area contributed by atoms with Gasteiger partial charge in [-0.2, -0.15) is 0 Å². The predicted molar refractivity (Wildman–Crippen MR) is 104 cm³/mol. The summed E-state index contributed by atoms with van der Waals surface area (Å²) in [5, 5.41) is 0. The highest BCUT2D eigenvalue weighted by Crippen LogP contribution is 2.31. The molecule has 0 amide bonds. The van der Waals surface area contributed by atoms with E-state index >= 15 is 0 Å². The zero-order valence-electron chi connectivity index (χ0n) is 15.8. The van der Waals surface area contributed by atoms with Crippen LogP contribution in [-0.2, 0) is 0 Å².